The van der Waals surface area contributed by atoms with Crippen LogP contribution in [0.1, 0.15) is 12.8 Å². The Bertz CT molecular complexity index is 132. The fraction of sp³-hybridized carbons (Fsp3) is 0.857. The van der Waals surface area contributed by atoms with Crippen molar-refractivity contribution in [1.29, 1.82) is 0 Å². The summed E-state index contributed by atoms with van der Waals surface area (Å²) in [5.74, 6) is 0.00398. The predicted molar refractivity (Wildman–Crippen MR) is 46.7 cm³/mol. The van der Waals surface area contributed by atoms with Crippen LogP contribution in [0.2, 0.25) is 0 Å². The summed E-state index contributed by atoms with van der Waals surface area (Å²) in [4.78, 5) is 12.9. The molecule has 0 aromatic heterocycles. The van der Waals surface area contributed by atoms with Crippen LogP contribution in [0, 0.1) is 5.92 Å². The minimum absolute atomic E-state index is 0. The van der Waals surface area contributed by atoms with Crippen molar-refractivity contribution in [2.75, 3.05) is 20.1 Å². The number of primary amides is 1. The van der Waals surface area contributed by atoms with Gasteiger partial charge in [0, 0.05) is 5.92 Å². The minimum atomic E-state index is -0.131. The molecule has 3 nitrogen and oxygen atoms in total. The van der Waals surface area contributed by atoms with Crippen molar-refractivity contribution in [3.05, 3.63) is 0 Å². The van der Waals surface area contributed by atoms with Crippen LogP contribution in [-0.2, 0) is 4.79 Å². The summed E-state index contributed by atoms with van der Waals surface area (Å²) in [7, 11) is 2.07. The fourth-order valence-electron chi connectivity index (χ4n) is 1.29. The van der Waals surface area contributed by atoms with Crippen LogP contribution < -0.4 is 5.73 Å². The van der Waals surface area contributed by atoms with Crippen LogP contribution in [0.3, 0.4) is 0 Å². The number of hydrogen-bond acceptors (Lipinski definition) is 2. The van der Waals surface area contributed by atoms with E-state index in [1.807, 2.05) is 0 Å². The monoisotopic (exact) mass is 178 g/mol. The van der Waals surface area contributed by atoms with Crippen molar-refractivity contribution < 1.29 is 4.79 Å². The smallest absolute Gasteiger partial charge is 0.220 e. The zero-order valence-electron chi connectivity index (χ0n) is 6.75. The molecule has 0 bridgehead atoms. The Hall–Kier alpha value is -0.280. The highest BCUT2D eigenvalue weighted by Crippen LogP contribution is 2.14. The van der Waals surface area contributed by atoms with Crippen molar-refractivity contribution in [2.45, 2.75) is 12.8 Å². The Kier molecular flexibility index (Phi) is 4.45. The average molecular weight is 179 g/mol. The summed E-state index contributed by atoms with van der Waals surface area (Å²) in [5, 5.41) is 0. The molecule has 1 heterocycles. The average Bonchev–Trinajstić information content (AvgIpc) is 1.88. The lowest BCUT2D eigenvalue weighted by Gasteiger charge is -2.26. The van der Waals surface area contributed by atoms with Crippen LogP contribution >= 0.6 is 12.4 Å². The number of hydrogen-bond donors (Lipinski definition) is 1. The quantitative estimate of drug-likeness (QED) is 0.625. The second-order valence-corrected chi connectivity index (χ2v) is 2.98. The van der Waals surface area contributed by atoms with Crippen molar-refractivity contribution in [2.24, 2.45) is 11.7 Å². The molecular formula is C7H15ClN2O. The minimum Gasteiger partial charge on any atom is -0.369 e. The van der Waals surface area contributed by atoms with E-state index in [1.54, 1.807) is 0 Å². The van der Waals surface area contributed by atoms with Gasteiger partial charge in [-0.15, -0.1) is 12.4 Å². The summed E-state index contributed by atoms with van der Waals surface area (Å²) in [6.45, 7) is 2.02. The summed E-state index contributed by atoms with van der Waals surface area (Å²) in [6, 6.07) is 0. The normalized spacial score (nSPS) is 20.8. The van der Waals surface area contributed by atoms with Gasteiger partial charge in [0.25, 0.3) is 0 Å². The number of rotatable bonds is 1. The molecule has 1 amide bonds. The predicted octanol–water partition coefficient (Wildman–Crippen LogP) is 0.235. The lowest BCUT2D eigenvalue weighted by Crippen LogP contribution is -2.36. The van der Waals surface area contributed by atoms with E-state index in [2.05, 4.69) is 11.9 Å². The number of carbonyl (C=O) groups excluding carboxylic acids is 1. The van der Waals surface area contributed by atoms with Gasteiger partial charge in [-0.05, 0) is 33.0 Å². The first-order valence-electron chi connectivity index (χ1n) is 3.68. The fourth-order valence-corrected chi connectivity index (χ4v) is 1.29. The third kappa shape index (κ3) is 3.08. The van der Waals surface area contributed by atoms with E-state index >= 15 is 0 Å². The summed E-state index contributed by atoms with van der Waals surface area (Å²) >= 11 is 0. The molecule has 4 heteroatoms. The lowest BCUT2D eigenvalue weighted by molar-refractivity contribution is -0.123. The first kappa shape index (κ1) is 10.7. The second-order valence-electron chi connectivity index (χ2n) is 2.98. The molecule has 0 radical (unpaired) electrons. The molecule has 1 aliphatic rings. The SMILES string of the molecule is CN1CCC(C(N)=O)CC1.Cl. The zero-order chi connectivity index (χ0) is 7.56. The van der Waals surface area contributed by atoms with E-state index in [9.17, 15) is 4.79 Å². The molecule has 0 aromatic carbocycles. The summed E-state index contributed by atoms with van der Waals surface area (Å²) < 4.78 is 0. The third-order valence-electron chi connectivity index (χ3n) is 2.12. The molecule has 1 rings (SSSR count). The van der Waals surface area contributed by atoms with Crippen molar-refractivity contribution in [1.82, 2.24) is 4.90 Å². The topological polar surface area (TPSA) is 46.3 Å². The Balaban J connectivity index is 0.000001000. The van der Waals surface area contributed by atoms with Gasteiger partial charge in [-0.3, -0.25) is 4.79 Å². The standard InChI is InChI=1S/C7H14N2O.ClH/c1-9-4-2-6(3-5-9)7(8)10;/h6H,2-5H2,1H3,(H2,8,10);1H. The second kappa shape index (κ2) is 4.57. The largest absolute Gasteiger partial charge is 0.369 e. The maximum absolute atomic E-state index is 10.7. The Morgan fingerprint density at radius 2 is 1.91 bits per heavy atom. The van der Waals surface area contributed by atoms with Crippen LogP contribution in [0.25, 0.3) is 0 Å². The number of halogens is 1. The highest BCUT2D eigenvalue weighted by molar-refractivity contribution is 5.85. The molecule has 0 spiro atoms. The molecule has 66 valence electrons. The number of amides is 1. The summed E-state index contributed by atoms with van der Waals surface area (Å²) in [5.41, 5.74) is 5.16. The van der Waals surface area contributed by atoms with Gasteiger partial charge in [0.2, 0.25) is 5.91 Å². The van der Waals surface area contributed by atoms with Crippen molar-refractivity contribution in [3.8, 4) is 0 Å². The van der Waals surface area contributed by atoms with E-state index in [1.165, 1.54) is 0 Å². The highest BCUT2D eigenvalue weighted by Gasteiger charge is 2.20. The Morgan fingerprint density at radius 3 is 2.27 bits per heavy atom. The third-order valence-corrected chi connectivity index (χ3v) is 2.12. The van der Waals surface area contributed by atoms with Gasteiger partial charge in [-0.2, -0.15) is 0 Å². The van der Waals surface area contributed by atoms with Gasteiger partial charge in [0.05, 0.1) is 0 Å². The van der Waals surface area contributed by atoms with Gasteiger partial charge >= 0.3 is 0 Å². The molecule has 0 atom stereocenters. The molecule has 2 N–H and O–H groups in total. The van der Waals surface area contributed by atoms with Crippen LogP contribution in [0.4, 0.5) is 0 Å². The molecule has 0 aromatic rings. The molecule has 0 unspecified atom stereocenters. The first-order chi connectivity index (χ1) is 4.70. The molecule has 11 heavy (non-hydrogen) atoms. The van der Waals surface area contributed by atoms with Crippen molar-refractivity contribution >= 4 is 18.3 Å². The zero-order valence-corrected chi connectivity index (χ0v) is 7.56. The highest BCUT2D eigenvalue weighted by atomic mass is 35.5. The Morgan fingerprint density at radius 1 is 1.45 bits per heavy atom. The van der Waals surface area contributed by atoms with E-state index in [-0.39, 0.29) is 24.2 Å². The van der Waals surface area contributed by atoms with Gasteiger partial charge in [0.15, 0.2) is 0 Å². The molecule has 1 aliphatic heterocycles. The molecular weight excluding hydrogens is 164 g/mol. The van der Waals surface area contributed by atoms with Gasteiger partial charge < -0.3 is 10.6 Å². The van der Waals surface area contributed by atoms with E-state index in [0.29, 0.717) is 0 Å². The molecule has 1 saturated heterocycles. The van der Waals surface area contributed by atoms with Crippen LogP contribution in [0.5, 0.6) is 0 Å². The van der Waals surface area contributed by atoms with Gasteiger partial charge in [-0.1, -0.05) is 0 Å². The van der Waals surface area contributed by atoms with E-state index < -0.39 is 0 Å². The molecule has 1 fully saturated rings. The number of carbonyl (C=O) groups is 1. The molecule has 0 aliphatic carbocycles. The molecule has 0 saturated carbocycles. The first-order valence-corrected chi connectivity index (χ1v) is 3.68. The maximum Gasteiger partial charge on any atom is 0.220 e. The summed E-state index contributed by atoms with van der Waals surface area (Å²) in [6.07, 6.45) is 1.87. The Labute approximate surface area is 73.3 Å². The van der Waals surface area contributed by atoms with Gasteiger partial charge in [0.1, 0.15) is 0 Å². The van der Waals surface area contributed by atoms with Crippen LogP contribution in [0.15, 0.2) is 0 Å². The number of likely N-dealkylation sites (tertiary alicyclic amines) is 1. The van der Waals surface area contributed by atoms with E-state index in [4.69, 9.17) is 5.73 Å². The number of nitrogens with zero attached hydrogens (tertiary/aromatic N) is 1. The van der Waals surface area contributed by atoms with Crippen molar-refractivity contribution in [3.63, 3.8) is 0 Å². The van der Waals surface area contributed by atoms with Gasteiger partial charge in [-0.25, -0.2) is 0 Å². The maximum atomic E-state index is 10.7. The number of piperidine rings is 1. The number of nitrogens with two attached hydrogens (primary N) is 1. The lowest BCUT2D eigenvalue weighted by atomic mass is 9.97. The van der Waals surface area contributed by atoms with Crippen LogP contribution in [-0.4, -0.2) is 30.9 Å². The van der Waals surface area contributed by atoms with E-state index in [0.717, 1.165) is 25.9 Å².